The standard InChI is InChI=1S/C9H11N3O3S/c1-5-2-3-12(7(5)9(14)15)8(13)6-4-16-11-10-6/h4-5,7H,2-3H2,1H3,(H,14,15). The van der Waals surface area contributed by atoms with Crippen molar-refractivity contribution in [3.05, 3.63) is 11.1 Å². The molecule has 16 heavy (non-hydrogen) atoms. The zero-order valence-electron chi connectivity index (χ0n) is 8.66. The van der Waals surface area contributed by atoms with Gasteiger partial charge in [0.15, 0.2) is 5.69 Å². The predicted octanol–water partition coefficient (Wildman–Crippen LogP) is 0.473. The van der Waals surface area contributed by atoms with Crippen LogP contribution in [0, 0.1) is 5.92 Å². The van der Waals surface area contributed by atoms with Crippen molar-refractivity contribution in [3.63, 3.8) is 0 Å². The van der Waals surface area contributed by atoms with E-state index in [9.17, 15) is 9.59 Å². The number of carboxylic acids is 1. The van der Waals surface area contributed by atoms with Crippen molar-refractivity contribution in [1.29, 1.82) is 0 Å². The molecule has 0 aliphatic carbocycles. The molecule has 7 heteroatoms. The summed E-state index contributed by atoms with van der Waals surface area (Å²) in [7, 11) is 0. The summed E-state index contributed by atoms with van der Waals surface area (Å²) in [4.78, 5) is 24.4. The van der Waals surface area contributed by atoms with Gasteiger partial charge in [0.25, 0.3) is 5.91 Å². The van der Waals surface area contributed by atoms with Crippen LogP contribution in [0.2, 0.25) is 0 Å². The highest BCUT2D eigenvalue weighted by molar-refractivity contribution is 7.03. The van der Waals surface area contributed by atoms with E-state index < -0.39 is 12.0 Å². The largest absolute Gasteiger partial charge is 0.480 e. The summed E-state index contributed by atoms with van der Waals surface area (Å²) in [6.45, 7) is 2.31. The van der Waals surface area contributed by atoms with Gasteiger partial charge in [-0.3, -0.25) is 4.79 Å². The molecule has 1 fully saturated rings. The molecule has 0 spiro atoms. The Bertz CT molecular complexity index is 406. The van der Waals surface area contributed by atoms with Crippen molar-refractivity contribution in [2.24, 2.45) is 5.92 Å². The Hall–Kier alpha value is -1.50. The van der Waals surface area contributed by atoms with Crippen LogP contribution in [-0.4, -0.2) is 44.1 Å². The smallest absolute Gasteiger partial charge is 0.326 e. The molecule has 1 N–H and O–H groups in total. The van der Waals surface area contributed by atoms with Crippen molar-refractivity contribution < 1.29 is 14.7 Å². The molecule has 1 saturated heterocycles. The molecule has 1 aliphatic heterocycles. The third-order valence-corrected chi connectivity index (χ3v) is 3.30. The van der Waals surface area contributed by atoms with E-state index in [1.54, 1.807) is 0 Å². The van der Waals surface area contributed by atoms with Gasteiger partial charge < -0.3 is 10.0 Å². The first-order valence-corrected chi connectivity index (χ1v) is 5.75. The number of carbonyl (C=O) groups is 2. The zero-order chi connectivity index (χ0) is 11.7. The third kappa shape index (κ3) is 1.78. The Labute approximate surface area is 96.0 Å². The molecule has 0 saturated carbocycles. The van der Waals surface area contributed by atoms with Gasteiger partial charge >= 0.3 is 5.97 Å². The average molecular weight is 241 g/mol. The first kappa shape index (κ1) is 11.0. The minimum Gasteiger partial charge on any atom is -0.480 e. The average Bonchev–Trinajstić information content (AvgIpc) is 2.84. The minimum atomic E-state index is -0.957. The van der Waals surface area contributed by atoms with Crippen molar-refractivity contribution >= 4 is 23.4 Å². The maximum Gasteiger partial charge on any atom is 0.326 e. The van der Waals surface area contributed by atoms with E-state index in [2.05, 4.69) is 9.59 Å². The second-order valence-electron chi connectivity index (χ2n) is 3.84. The number of amides is 1. The number of carboxylic acid groups (broad SMARTS) is 1. The molecule has 0 radical (unpaired) electrons. The van der Waals surface area contributed by atoms with E-state index >= 15 is 0 Å². The molecular formula is C9H11N3O3S. The van der Waals surface area contributed by atoms with Gasteiger partial charge in [0.1, 0.15) is 6.04 Å². The van der Waals surface area contributed by atoms with Gasteiger partial charge in [-0.2, -0.15) is 0 Å². The number of hydrogen-bond donors (Lipinski definition) is 1. The molecule has 0 bridgehead atoms. The molecule has 2 heterocycles. The Morgan fingerprint density at radius 3 is 2.94 bits per heavy atom. The first-order valence-electron chi connectivity index (χ1n) is 4.92. The molecule has 1 amide bonds. The van der Waals surface area contributed by atoms with Crippen LogP contribution in [0.15, 0.2) is 5.38 Å². The van der Waals surface area contributed by atoms with Gasteiger partial charge in [0.2, 0.25) is 0 Å². The molecule has 1 aliphatic rings. The van der Waals surface area contributed by atoms with Crippen LogP contribution in [0.25, 0.3) is 0 Å². The number of nitrogens with zero attached hydrogens (tertiary/aromatic N) is 3. The van der Waals surface area contributed by atoms with Gasteiger partial charge in [-0.1, -0.05) is 11.4 Å². The molecule has 1 aromatic heterocycles. The fraction of sp³-hybridized carbons (Fsp3) is 0.556. The Balaban J connectivity index is 2.21. The summed E-state index contributed by atoms with van der Waals surface area (Å²) in [5.41, 5.74) is 0.227. The molecule has 1 aromatic rings. The fourth-order valence-corrected chi connectivity index (χ4v) is 2.39. The van der Waals surface area contributed by atoms with Gasteiger partial charge in [0, 0.05) is 11.9 Å². The van der Waals surface area contributed by atoms with Gasteiger partial charge in [-0.05, 0) is 23.9 Å². The zero-order valence-corrected chi connectivity index (χ0v) is 9.48. The second kappa shape index (κ2) is 4.17. The normalized spacial score (nSPS) is 24.7. The van der Waals surface area contributed by atoms with Crippen LogP contribution in [-0.2, 0) is 4.79 Å². The van der Waals surface area contributed by atoms with E-state index in [-0.39, 0.29) is 17.5 Å². The lowest BCUT2D eigenvalue weighted by molar-refractivity contribution is -0.142. The van der Waals surface area contributed by atoms with Crippen molar-refractivity contribution in [3.8, 4) is 0 Å². The Morgan fingerprint density at radius 1 is 1.62 bits per heavy atom. The lowest BCUT2D eigenvalue weighted by Gasteiger charge is -2.22. The number of rotatable bonds is 2. The molecule has 6 nitrogen and oxygen atoms in total. The predicted molar refractivity (Wildman–Crippen MR) is 56.2 cm³/mol. The summed E-state index contributed by atoms with van der Waals surface area (Å²) < 4.78 is 3.60. The first-order chi connectivity index (χ1) is 7.61. The minimum absolute atomic E-state index is 0.0203. The summed E-state index contributed by atoms with van der Waals surface area (Å²) in [6, 6.07) is -0.741. The van der Waals surface area contributed by atoms with E-state index in [1.807, 2.05) is 6.92 Å². The number of aromatic nitrogens is 2. The van der Waals surface area contributed by atoms with Crippen LogP contribution < -0.4 is 0 Å². The van der Waals surface area contributed by atoms with E-state index in [0.29, 0.717) is 13.0 Å². The molecule has 86 valence electrons. The highest BCUT2D eigenvalue weighted by Crippen LogP contribution is 2.25. The Morgan fingerprint density at radius 2 is 2.38 bits per heavy atom. The van der Waals surface area contributed by atoms with Crippen molar-refractivity contribution in [2.45, 2.75) is 19.4 Å². The number of aliphatic carboxylic acids is 1. The highest BCUT2D eigenvalue weighted by Gasteiger charge is 2.40. The third-order valence-electron chi connectivity index (χ3n) is 2.79. The number of carbonyl (C=O) groups excluding carboxylic acids is 1. The molecule has 2 unspecified atom stereocenters. The summed E-state index contributed by atoms with van der Waals surface area (Å²) in [6.07, 6.45) is 0.709. The molecule has 2 rings (SSSR count). The van der Waals surface area contributed by atoms with Gasteiger partial charge in [-0.15, -0.1) is 5.10 Å². The fourth-order valence-electron chi connectivity index (χ4n) is 1.96. The van der Waals surface area contributed by atoms with Crippen LogP contribution in [0.3, 0.4) is 0 Å². The summed E-state index contributed by atoms with van der Waals surface area (Å²) >= 11 is 1.08. The van der Waals surface area contributed by atoms with E-state index in [4.69, 9.17) is 5.11 Å². The van der Waals surface area contributed by atoms with Gasteiger partial charge in [-0.25, -0.2) is 4.79 Å². The van der Waals surface area contributed by atoms with E-state index in [1.165, 1.54) is 10.3 Å². The summed E-state index contributed by atoms with van der Waals surface area (Å²) in [5, 5.41) is 14.3. The van der Waals surface area contributed by atoms with Crippen molar-refractivity contribution in [2.75, 3.05) is 6.54 Å². The Kier molecular flexibility index (Phi) is 2.86. The molecule has 0 aromatic carbocycles. The SMILES string of the molecule is CC1CCN(C(=O)c2csnn2)C1C(=O)O. The topological polar surface area (TPSA) is 83.4 Å². The maximum absolute atomic E-state index is 11.9. The highest BCUT2D eigenvalue weighted by atomic mass is 32.1. The van der Waals surface area contributed by atoms with Gasteiger partial charge in [0.05, 0.1) is 0 Å². The number of hydrogen-bond acceptors (Lipinski definition) is 5. The number of likely N-dealkylation sites (tertiary alicyclic amines) is 1. The van der Waals surface area contributed by atoms with Crippen LogP contribution in [0.1, 0.15) is 23.8 Å². The maximum atomic E-state index is 11.9. The van der Waals surface area contributed by atoms with Crippen LogP contribution in [0.5, 0.6) is 0 Å². The van der Waals surface area contributed by atoms with Crippen LogP contribution >= 0.6 is 11.5 Å². The monoisotopic (exact) mass is 241 g/mol. The second-order valence-corrected chi connectivity index (χ2v) is 4.45. The molecular weight excluding hydrogens is 230 g/mol. The molecule has 2 atom stereocenters. The lowest BCUT2D eigenvalue weighted by atomic mass is 10.0. The summed E-state index contributed by atoms with van der Waals surface area (Å²) in [5.74, 6) is -1.32. The van der Waals surface area contributed by atoms with Crippen molar-refractivity contribution in [1.82, 2.24) is 14.5 Å². The van der Waals surface area contributed by atoms with Crippen LogP contribution in [0.4, 0.5) is 0 Å². The lowest BCUT2D eigenvalue weighted by Crippen LogP contribution is -2.42. The van der Waals surface area contributed by atoms with E-state index in [0.717, 1.165) is 11.5 Å². The quantitative estimate of drug-likeness (QED) is 0.813.